The van der Waals surface area contributed by atoms with Gasteiger partial charge in [0.15, 0.2) is 23.3 Å². The minimum Gasteiger partial charge on any atom is -0.212 e. The van der Waals surface area contributed by atoms with Gasteiger partial charge in [-0.05, 0) is 12.8 Å². The summed E-state index contributed by atoms with van der Waals surface area (Å²) in [6, 6.07) is 1.11. The third-order valence-electron chi connectivity index (χ3n) is 3.17. The predicted molar refractivity (Wildman–Crippen MR) is 64.2 cm³/mol. The molecule has 0 heterocycles. The van der Waals surface area contributed by atoms with E-state index >= 15 is 0 Å². The number of nitriles is 1. The average molecular weight is 340 g/mol. The second kappa shape index (κ2) is 5.81. The highest BCUT2D eigenvalue weighted by Gasteiger charge is 2.39. The molecular weight excluding hydrogens is 331 g/mol. The molecule has 120 valence electrons. The van der Waals surface area contributed by atoms with Crippen LogP contribution >= 0.6 is 0 Å². The Labute approximate surface area is 122 Å². The lowest BCUT2D eigenvalue weighted by atomic mass is 10.2. The Morgan fingerprint density at radius 2 is 1.45 bits per heavy atom. The molecule has 22 heavy (non-hydrogen) atoms. The van der Waals surface area contributed by atoms with Gasteiger partial charge in [-0.1, -0.05) is 0 Å². The Morgan fingerprint density at radius 1 is 1.00 bits per heavy atom. The number of hydrogen-bond donors (Lipinski definition) is 0. The van der Waals surface area contributed by atoms with Crippen LogP contribution in [0.15, 0.2) is 0 Å². The maximum atomic E-state index is 13.5. The highest BCUT2D eigenvalue weighted by atomic mass is 32.2. The molecule has 0 unspecified atom stereocenters. The van der Waals surface area contributed by atoms with Crippen LogP contribution in [0.25, 0.3) is 0 Å². The van der Waals surface area contributed by atoms with Crippen LogP contribution in [-0.2, 0) is 15.8 Å². The summed E-state index contributed by atoms with van der Waals surface area (Å²) in [5.74, 6) is -12.5. The summed E-state index contributed by atoms with van der Waals surface area (Å²) in [5.41, 5.74) is -1.43. The standard InChI is InChI=1S/C12H9F5N2O2S/c13-8-7(9(14)11(16)12(17)10(8)15)5-22(20,21)19(4-3-18)6-1-2-6/h6H,1-2,4-5H2. The molecule has 0 spiro atoms. The fourth-order valence-electron chi connectivity index (χ4n) is 1.93. The molecule has 0 radical (unpaired) electrons. The number of hydrogen-bond acceptors (Lipinski definition) is 3. The zero-order valence-corrected chi connectivity index (χ0v) is 11.7. The summed E-state index contributed by atoms with van der Waals surface area (Å²) in [5, 5.41) is 8.60. The Balaban J connectivity index is 2.44. The summed E-state index contributed by atoms with van der Waals surface area (Å²) in [6.45, 7) is -0.553. The molecular formula is C12H9F5N2O2S. The molecule has 1 saturated carbocycles. The van der Waals surface area contributed by atoms with Crippen molar-refractivity contribution < 1.29 is 30.4 Å². The monoisotopic (exact) mass is 340 g/mol. The number of rotatable bonds is 5. The molecule has 10 heteroatoms. The lowest BCUT2D eigenvalue weighted by molar-refractivity contribution is 0.370. The summed E-state index contributed by atoms with van der Waals surface area (Å²) < 4.78 is 91.0. The topological polar surface area (TPSA) is 61.2 Å². The van der Waals surface area contributed by atoms with Crippen molar-refractivity contribution in [1.29, 1.82) is 5.26 Å². The van der Waals surface area contributed by atoms with E-state index in [2.05, 4.69) is 0 Å². The van der Waals surface area contributed by atoms with Crippen molar-refractivity contribution in [2.45, 2.75) is 24.6 Å². The maximum Gasteiger partial charge on any atom is 0.219 e. The van der Waals surface area contributed by atoms with E-state index in [9.17, 15) is 30.4 Å². The first-order valence-electron chi connectivity index (χ1n) is 6.07. The van der Waals surface area contributed by atoms with Crippen LogP contribution < -0.4 is 0 Å². The van der Waals surface area contributed by atoms with E-state index in [1.165, 1.54) is 0 Å². The molecule has 1 aromatic carbocycles. The Morgan fingerprint density at radius 3 is 1.86 bits per heavy atom. The van der Waals surface area contributed by atoms with E-state index in [-0.39, 0.29) is 0 Å². The van der Waals surface area contributed by atoms with Crippen molar-refractivity contribution in [3.63, 3.8) is 0 Å². The SMILES string of the molecule is N#CCN(C1CC1)S(=O)(=O)Cc1c(F)c(F)c(F)c(F)c1F. The zero-order valence-electron chi connectivity index (χ0n) is 10.9. The van der Waals surface area contributed by atoms with Gasteiger partial charge in [0.1, 0.15) is 6.54 Å². The molecule has 1 aliphatic carbocycles. The van der Waals surface area contributed by atoms with Crippen LogP contribution in [0.2, 0.25) is 0 Å². The number of halogens is 5. The number of sulfonamides is 1. The zero-order chi connectivity index (χ0) is 16.7. The van der Waals surface area contributed by atoms with Crippen LogP contribution in [0.5, 0.6) is 0 Å². The van der Waals surface area contributed by atoms with Gasteiger partial charge in [0.25, 0.3) is 0 Å². The van der Waals surface area contributed by atoms with Crippen LogP contribution in [-0.4, -0.2) is 25.3 Å². The van der Waals surface area contributed by atoms with Gasteiger partial charge in [0.2, 0.25) is 15.8 Å². The molecule has 2 rings (SSSR count). The van der Waals surface area contributed by atoms with Crippen molar-refractivity contribution in [2.75, 3.05) is 6.54 Å². The molecule has 0 atom stereocenters. The van der Waals surface area contributed by atoms with Gasteiger partial charge < -0.3 is 0 Å². The van der Waals surface area contributed by atoms with Crippen LogP contribution in [0.3, 0.4) is 0 Å². The number of nitrogens with zero attached hydrogens (tertiary/aromatic N) is 2. The smallest absolute Gasteiger partial charge is 0.212 e. The van der Waals surface area contributed by atoms with Crippen molar-refractivity contribution in [2.24, 2.45) is 0 Å². The molecule has 1 fully saturated rings. The molecule has 4 nitrogen and oxygen atoms in total. The molecule has 0 bridgehead atoms. The molecule has 0 N–H and O–H groups in total. The highest BCUT2D eigenvalue weighted by Crippen LogP contribution is 2.31. The molecule has 0 saturated heterocycles. The van der Waals surface area contributed by atoms with Crippen molar-refractivity contribution >= 4 is 10.0 Å². The molecule has 0 aliphatic heterocycles. The first-order chi connectivity index (χ1) is 10.2. The molecule has 0 aromatic heterocycles. The largest absolute Gasteiger partial charge is 0.219 e. The van der Waals surface area contributed by atoms with Crippen molar-refractivity contribution in [3.8, 4) is 6.07 Å². The molecule has 0 amide bonds. The normalized spacial score (nSPS) is 15.1. The second-order valence-corrected chi connectivity index (χ2v) is 6.66. The first kappa shape index (κ1) is 16.6. The summed E-state index contributed by atoms with van der Waals surface area (Å²) >= 11 is 0. The highest BCUT2D eigenvalue weighted by molar-refractivity contribution is 7.88. The average Bonchev–Trinajstić information content (AvgIpc) is 3.29. The Bertz CT molecular complexity index is 727. The maximum absolute atomic E-state index is 13.5. The van der Waals surface area contributed by atoms with E-state index in [0.29, 0.717) is 17.1 Å². The van der Waals surface area contributed by atoms with Crippen LogP contribution in [0.1, 0.15) is 18.4 Å². The minimum absolute atomic E-state index is 0.470. The Hall–Kier alpha value is -1.73. The summed E-state index contributed by atoms with van der Waals surface area (Å²) in [7, 11) is -4.39. The summed E-state index contributed by atoms with van der Waals surface area (Å²) in [6.07, 6.45) is 0.941. The van der Waals surface area contributed by atoms with Crippen LogP contribution in [0, 0.1) is 40.4 Å². The lowest BCUT2D eigenvalue weighted by Gasteiger charge is -2.19. The summed E-state index contributed by atoms with van der Waals surface area (Å²) in [4.78, 5) is 0. The number of benzene rings is 1. The fourth-order valence-corrected chi connectivity index (χ4v) is 3.63. The van der Waals surface area contributed by atoms with Gasteiger partial charge >= 0.3 is 0 Å². The van der Waals surface area contributed by atoms with Gasteiger partial charge in [0.05, 0.1) is 11.8 Å². The van der Waals surface area contributed by atoms with Gasteiger partial charge in [-0.15, -0.1) is 0 Å². The van der Waals surface area contributed by atoms with E-state index in [1.807, 2.05) is 0 Å². The molecule has 1 aliphatic rings. The van der Waals surface area contributed by atoms with Gasteiger partial charge in [-0.2, -0.15) is 9.57 Å². The second-order valence-electron chi connectivity index (χ2n) is 4.74. The minimum atomic E-state index is -4.39. The lowest BCUT2D eigenvalue weighted by Crippen LogP contribution is -2.35. The quantitative estimate of drug-likeness (QED) is 0.357. The van der Waals surface area contributed by atoms with E-state index in [4.69, 9.17) is 5.26 Å². The first-order valence-corrected chi connectivity index (χ1v) is 7.68. The van der Waals surface area contributed by atoms with Gasteiger partial charge in [-0.25, -0.2) is 30.4 Å². The van der Waals surface area contributed by atoms with Gasteiger partial charge in [0, 0.05) is 11.6 Å². The third kappa shape index (κ3) is 2.91. The molecule has 1 aromatic rings. The third-order valence-corrected chi connectivity index (χ3v) is 4.96. The van der Waals surface area contributed by atoms with E-state index in [1.54, 1.807) is 6.07 Å². The Kier molecular flexibility index (Phi) is 4.39. The predicted octanol–water partition coefficient (Wildman–Crippen LogP) is 2.20. The van der Waals surface area contributed by atoms with Crippen molar-refractivity contribution in [3.05, 3.63) is 34.6 Å². The van der Waals surface area contributed by atoms with Gasteiger partial charge in [-0.3, -0.25) is 0 Å². The van der Waals surface area contributed by atoms with E-state index in [0.717, 1.165) is 0 Å². The fraction of sp³-hybridized carbons (Fsp3) is 0.417. The van der Waals surface area contributed by atoms with Crippen molar-refractivity contribution in [1.82, 2.24) is 4.31 Å². The van der Waals surface area contributed by atoms with Crippen LogP contribution in [0.4, 0.5) is 22.0 Å². The van der Waals surface area contributed by atoms with E-state index < -0.39 is 63.0 Å².